The van der Waals surface area contributed by atoms with Crippen molar-refractivity contribution in [3.63, 3.8) is 0 Å². The van der Waals surface area contributed by atoms with Crippen LogP contribution in [0.15, 0.2) is 16.7 Å². The first-order chi connectivity index (χ1) is 9.42. The van der Waals surface area contributed by atoms with Gasteiger partial charge in [0.2, 0.25) is 0 Å². The number of aryl methyl sites for hydroxylation is 1. The number of carbonyl (C=O) groups excluding carboxylic acids is 1. The number of fused-ring (bicyclic) bond motifs is 1. The summed E-state index contributed by atoms with van der Waals surface area (Å²) in [5.41, 5.74) is 0.622. The van der Waals surface area contributed by atoms with Crippen molar-refractivity contribution >= 4 is 6.09 Å². The molecule has 1 heterocycles. The molecule has 4 heteroatoms. The van der Waals surface area contributed by atoms with Crippen molar-refractivity contribution in [2.45, 2.75) is 51.7 Å². The van der Waals surface area contributed by atoms with Gasteiger partial charge < -0.3 is 9.15 Å². The van der Waals surface area contributed by atoms with Gasteiger partial charge in [0.25, 0.3) is 0 Å². The van der Waals surface area contributed by atoms with E-state index in [1.54, 1.807) is 11.2 Å². The second-order valence-electron chi connectivity index (χ2n) is 6.03. The summed E-state index contributed by atoms with van der Waals surface area (Å²) >= 11 is 0. The maximum atomic E-state index is 12.3. The van der Waals surface area contributed by atoms with Crippen LogP contribution in [0.4, 0.5) is 4.79 Å². The van der Waals surface area contributed by atoms with Crippen LogP contribution in [0.1, 0.15) is 51.0 Å². The fourth-order valence-electron chi connectivity index (χ4n) is 2.48. The van der Waals surface area contributed by atoms with Gasteiger partial charge in [-0.1, -0.05) is 5.92 Å². The summed E-state index contributed by atoms with van der Waals surface area (Å²) in [4.78, 5) is 13.9. The Balaban J connectivity index is 2.23. The van der Waals surface area contributed by atoms with E-state index in [-0.39, 0.29) is 18.7 Å². The molecule has 0 aromatic carbocycles. The summed E-state index contributed by atoms with van der Waals surface area (Å²) in [7, 11) is 0. The first-order valence-corrected chi connectivity index (χ1v) is 6.91. The molecule has 4 nitrogen and oxygen atoms in total. The largest absolute Gasteiger partial charge is 0.467 e. The van der Waals surface area contributed by atoms with Crippen LogP contribution in [0, 0.1) is 12.3 Å². The average molecular weight is 275 g/mol. The zero-order valence-electron chi connectivity index (χ0n) is 12.3. The van der Waals surface area contributed by atoms with E-state index in [0.29, 0.717) is 0 Å². The fraction of sp³-hybridized carbons (Fsp3) is 0.562. The lowest BCUT2D eigenvalue weighted by Crippen LogP contribution is -2.40. The van der Waals surface area contributed by atoms with Gasteiger partial charge in [0.05, 0.1) is 18.8 Å². The molecule has 1 amide bonds. The van der Waals surface area contributed by atoms with Gasteiger partial charge in [0, 0.05) is 0 Å². The lowest BCUT2D eigenvalue weighted by atomic mass is 9.93. The van der Waals surface area contributed by atoms with Crippen molar-refractivity contribution in [3.05, 3.63) is 23.7 Å². The number of carbonyl (C=O) groups is 1. The van der Waals surface area contributed by atoms with Crippen LogP contribution in [-0.4, -0.2) is 23.1 Å². The highest BCUT2D eigenvalue weighted by atomic mass is 16.6. The predicted molar refractivity (Wildman–Crippen MR) is 76.2 cm³/mol. The Morgan fingerprint density at radius 3 is 3.00 bits per heavy atom. The van der Waals surface area contributed by atoms with Crippen LogP contribution in [0.5, 0.6) is 0 Å². The molecule has 0 fully saturated rings. The molecule has 0 saturated heterocycles. The van der Waals surface area contributed by atoms with Crippen molar-refractivity contribution in [2.24, 2.45) is 0 Å². The zero-order chi connectivity index (χ0) is 14.8. The van der Waals surface area contributed by atoms with Crippen LogP contribution in [0.2, 0.25) is 0 Å². The summed E-state index contributed by atoms with van der Waals surface area (Å²) in [6.07, 6.45) is 9.54. The molecule has 1 atom stereocenters. The summed E-state index contributed by atoms with van der Waals surface area (Å²) in [6, 6.07) is 1.84. The average Bonchev–Trinajstić information content (AvgIpc) is 2.81. The van der Waals surface area contributed by atoms with E-state index >= 15 is 0 Å². The van der Waals surface area contributed by atoms with Crippen molar-refractivity contribution in [1.29, 1.82) is 0 Å². The highest BCUT2D eigenvalue weighted by Gasteiger charge is 2.33. The predicted octanol–water partition coefficient (Wildman–Crippen LogP) is 3.53. The van der Waals surface area contributed by atoms with E-state index in [1.807, 2.05) is 26.8 Å². The van der Waals surface area contributed by atoms with E-state index in [4.69, 9.17) is 15.6 Å². The summed E-state index contributed by atoms with van der Waals surface area (Å²) < 4.78 is 11.0. The van der Waals surface area contributed by atoms with Gasteiger partial charge in [0.1, 0.15) is 11.4 Å². The molecule has 1 aromatic rings. The minimum atomic E-state index is -0.537. The molecule has 0 radical (unpaired) electrons. The summed E-state index contributed by atoms with van der Waals surface area (Å²) in [6.45, 7) is 5.76. The molecule has 108 valence electrons. The van der Waals surface area contributed by atoms with Crippen LogP contribution in [0.3, 0.4) is 0 Å². The van der Waals surface area contributed by atoms with E-state index in [2.05, 4.69) is 5.92 Å². The van der Waals surface area contributed by atoms with Gasteiger partial charge in [-0.2, -0.15) is 0 Å². The van der Waals surface area contributed by atoms with Gasteiger partial charge in [-0.3, -0.25) is 4.90 Å². The van der Waals surface area contributed by atoms with Crippen molar-refractivity contribution in [3.8, 4) is 12.3 Å². The Bertz CT molecular complexity index is 519. The maximum absolute atomic E-state index is 12.3. The molecular weight excluding hydrogens is 254 g/mol. The lowest BCUT2D eigenvalue weighted by Gasteiger charge is -2.33. The first-order valence-electron chi connectivity index (χ1n) is 6.91. The van der Waals surface area contributed by atoms with E-state index in [1.165, 1.54) is 0 Å². The number of rotatable bonds is 2. The minimum Gasteiger partial charge on any atom is -0.467 e. The van der Waals surface area contributed by atoms with Crippen LogP contribution < -0.4 is 0 Å². The lowest BCUT2D eigenvalue weighted by molar-refractivity contribution is 0.0150. The molecule has 2 rings (SSSR count). The maximum Gasteiger partial charge on any atom is 0.411 e. The van der Waals surface area contributed by atoms with Gasteiger partial charge in [-0.15, -0.1) is 6.42 Å². The molecule has 0 spiro atoms. The number of ether oxygens (including phenoxy) is 1. The third kappa shape index (κ3) is 3.16. The van der Waals surface area contributed by atoms with Crippen LogP contribution >= 0.6 is 0 Å². The van der Waals surface area contributed by atoms with Gasteiger partial charge in [-0.25, -0.2) is 4.79 Å². The van der Waals surface area contributed by atoms with Gasteiger partial charge in [0.15, 0.2) is 0 Å². The topological polar surface area (TPSA) is 42.7 Å². The highest BCUT2D eigenvalue weighted by Crippen LogP contribution is 2.35. The first kappa shape index (κ1) is 14.5. The van der Waals surface area contributed by atoms with E-state index < -0.39 is 5.60 Å². The number of amides is 1. The van der Waals surface area contributed by atoms with Crippen LogP contribution in [0.25, 0.3) is 0 Å². The number of hydrogen-bond donors (Lipinski definition) is 0. The third-order valence-corrected chi connectivity index (χ3v) is 3.27. The Labute approximate surface area is 120 Å². The second-order valence-corrected chi connectivity index (χ2v) is 6.03. The molecule has 1 aromatic heterocycles. The number of hydrogen-bond acceptors (Lipinski definition) is 3. The number of furan rings is 1. The molecular formula is C16H21NO3. The Morgan fingerprint density at radius 1 is 1.60 bits per heavy atom. The highest BCUT2D eigenvalue weighted by molar-refractivity contribution is 5.69. The third-order valence-electron chi connectivity index (χ3n) is 3.27. The summed E-state index contributed by atoms with van der Waals surface area (Å²) in [5.74, 6) is 3.38. The molecule has 1 unspecified atom stereocenters. The normalized spacial score (nSPS) is 18.0. The molecule has 1 aliphatic carbocycles. The van der Waals surface area contributed by atoms with Crippen molar-refractivity contribution in [1.82, 2.24) is 4.90 Å². The standard InChI is InChI=1S/C16H21NO3/c1-5-10-17(15(18)20-16(2,3)4)13-8-6-7-12-9-11-19-14(12)13/h1,9,11,13H,6-8,10H2,2-4H3. The van der Waals surface area contributed by atoms with Gasteiger partial charge in [-0.05, 0) is 51.7 Å². The Hall–Kier alpha value is -1.89. The van der Waals surface area contributed by atoms with Crippen molar-refractivity contribution in [2.75, 3.05) is 6.54 Å². The molecule has 0 aliphatic heterocycles. The molecule has 0 saturated carbocycles. The molecule has 1 aliphatic rings. The Morgan fingerprint density at radius 2 is 2.35 bits per heavy atom. The van der Waals surface area contributed by atoms with E-state index in [0.717, 1.165) is 30.6 Å². The fourth-order valence-corrected chi connectivity index (χ4v) is 2.48. The SMILES string of the molecule is C#CCN(C(=O)OC(C)(C)C)C1CCCc2ccoc21. The van der Waals surface area contributed by atoms with Crippen LogP contribution in [-0.2, 0) is 11.2 Å². The zero-order valence-corrected chi connectivity index (χ0v) is 12.3. The molecule has 0 N–H and O–H groups in total. The monoisotopic (exact) mass is 275 g/mol. The van der Waals surface area contributed by atoms with Gasteiger partial charge >= 0.3 is 6.09 Å². The Kier molecular flexibility index (Phi) is 4.08. The molecule has 0 bridgehead atoms. The molecule has 20 heavy (non-hydrogen) atoms. The smallest absolute Gasteiger partial charge is 0.411 e. The summed E-state index contributed by atoms with van der Waals surface area (Å²) in [5, 5.41) is 0. The minimum absolute atomic E-state index is 0.125. The second kappa shape index (κ2) is 5.62. The quantitative estimate of drug-likeness (QED) is 0.775. The van der Waals surface area contributed by atoms with Crippen molar-refractivity contribution < 1.29 is 13.9 Å². The van der Waals surface area contributed by atoms with E-state index in [9.17, 15) is 4.79 Å². The number of nitrogens with zero attached hydrogens (tertiary/aromatic N) is 1. The number of terminal acetylenes is 1.